The maximum atomic E-state index is 11.6. The van der Waals surface area contributed by atoms with Crippen LogP contribution in [0.4, 0.5) is 5.69 Å². The van der Waals surface area contributed by atoms with Crippen LogP contribution in [0, 0.1) is 0 Å². The number of halogens is 1. The third-order valence-electron chi connectivity index (χ3n) is 2.42. The fourth-order valence-corrected chi connectivity index (χ4v) is 2.62. The number of carbonyl (C=O) groups is 1. The summed E-state index contributed by atoms with van der Waals surface area (Å²) in [6.07, 6.45) is 0.956. The number of carboxylic acid groups (broad SMARTS) is 1. The second-order valence-corrected chi connectivity index (χ2v) is 5.72. The molecule has 0 aliphatic carbocycles. The Labute approximate surface area is 119 Å². The van der Waals surface area contributed by atoms with Gasteiger partial charge in [0.2, 0.25) is 0 Å². The van der Waals surface area contributed by atoms with Crippen molar-refractivity contribution in [3.05, 3.63) is 29.8 Å². The Balaban J connectivity index is 2.52. The highest BCUT2D eigenvalue weighted by Crippen LogP contribution is 2.12. The molecule has 1 aromatic rings. The van der Waals surface area contributed by atoms with E-state index in [0.717, 1.165) is 11.3 Å². The number of hydrogen-bond acceptors (Lipinski definition) is 3. The second kappa shape index (κ2) is 8.14. The largest absolute Gasteiger partial charge is 0.480 e. The van der Waals surface area contributed by atoms with Crippen LogP contribution >= 0.6 is 11.6 Å². The van der Waals surface area contributed by atoms with Crippen molar-refractivity contribution in [3.8, 4) is 0 Å². The van der Waals surface area contributed by atoms with E-state index in [1.165, 1.54) is 0 Å². The molecule has 0 saturated carbocycles. The number of alkyl halides is 1. The minimum Gasteiger partial charge on any atom is -0.480 e. The first-order valence-corrected chi connectivity index (χ1v) is 7.66. The quantitative estimate of drug-likeness (QED) is 0.632. The van der Waals surface area contributed by atoms with Gasteiger partial charge in [-0.2, -0.15) is 0 Å². The Hall–Kier alpha value is -1.11. The van der Waals surface area contributed by atoms with E-state index in [1.807, 2.05) is 0 Å². The number of carboxylic acids is 1. The molecule has 1 aromatic carbocycles. The SMILES string of the molecule is N[C@@H](Cc1ccc(NS(=O)CCCCl)cc1)C(=O)O. The van der Waals surface area contributed by atoms with Crippen molar-refractivity contribution in [2.45, 2.75) is 18.9 Å². The topological polar surface area (TPSA) is 92.4 Å². The highest BCUT2D eigenvalue weighted by molar-refractivity contribution is 7.86. The van der Waals surface area contributed by atoms with Crippen molar-refractivity contribution >= 4 is 34.2 Å². The van der Waals surface area contributed by atoms with Crippen molar-refractivity contribution in [3.63, 3.8) is 0 Å². The molecule has 4 N–H and O–H groups in total. The summed E-state index contributed by atoms with van der Waals surface area (Å²) in [6.45, 7) is 0. The number of aliphatic carboxylic acids is 1. The molecular formula is C12H17ClN2O3S. The number of rotatable bonds is 8. The Kier molecular flexibility index (Phi) is 6.83. The van der Waals surface area contributed by atoms with Crippen LogP contribution in [0.3, 0.4) is 0 Å². The molecule has 106 valence electrons. The van der Waals surface area contributed by atoms with Gasteiger partial charge in [0, 0.05) is 17.3 Å². The van der Waals surface area contributed by atoms with Crippen LogP contribution in [-0.4, -0.2) is 33.0 Å². The summed E-state index contributed by atoms with van der Waals surface area (Å²) < 4.78 is 14.4. The molecule has 0 heterocycles. The summed E-state index contributed by atoms with van der Waals surface area (Å²) in [5.41, 5.74) is 6.99. The molecule has 0 spiro atoms. The predicted octanol–water partition coefficient (Wildman–Crippen LogP) is 1.35. The normalized spacial score (nSPS) is 13.8. The molecule has 19 heavy (non-hydrogen) atoms. The molecule has 1 rings (SSSR count). The maximum absolute atomic E-state index is 11.6. The number of benzene rings is 1. The molecule has 0 bridgehead atoms. The average molecular weight is 305 g/mol. The molecule has 2 atom stereocenters. The lowest BCUT2D eigenvalue weighted by Crippen LogP contribution is -2.32. The van der Waals surface area contributed by atoms with Gasteiger partial charge in [-0.15, -0.1) is 11.6 Å². The molecule has 0 saturated heterocycles. The van der Waals surface area contributed by atoms with Gasteiger partial charge >= 0.3 is 5.97 Å². The third-order valence-corrected chi connectivity index (χ3v) is 3.81. The Morgan fingerprint density at radius 3 is 2.58 bits per heavy atom. The first-order valence-electron chi connectivity index (χ1n) is 5.81. The number of nitrogens with two attached hydrogens (primary N) is 1. The van der Waals surface area contributed by atoms with Crippen LogP contribution in [0.5, 0.6) is 0 Å². The van der Waals surface area contributed by atoms with Crippen molar-refractivity contribution in [1.29, 1.82) is 0 Å². The summed E-state index contributed by atoms with van der Waals surface area (Å²) in [5.74, 6) is -0.0430. The van der Waals surface area contributed by atoms with Gasteiger partial charge in [0.05, 0.1) is 0 Å². The molecule has 7 heteroatoms. The Morgan fingerprint density at radius 2 is 2.05 bits per heavy atom. The second-order valence-electron chi connectivity index (χ2n) is 4.04. The van der Waals surface area contributed by atoms with E-state index < -0.39 is 23.0 Å². The monoisotopic (exact) mass is 304 g/mol. The van der Waals surface area contributed by atoms with E-state index >= 15 is 0 Å². The van der Waals surface area contributed by atoms with E-state index in [2.05, 4.69) is 4.72 Å². The minimum absolute atomic E-state index is 0.269. The first-order chi connectivity index (χ1) is 9.02. The van der Waals surface area contributed by atoms with Crippen LogP contribution in [-0.2, 0) is 22.2 Å². The zero-order chi connectivity index (χ0) is 14.3. The van der Waals surface area contributed by atoms with Gasteiger partial charge < -0.3 is 15.6 Å². The van der Waals surface area contributed by atoms with Crippen molar-refractivity contribution < 1.29 is 14.1 Å². The molecule has 0 aliphatic rings. The molecule has 0 aromatic heterocycles. The highest BCUT2D eigenvalue weighted by Gasteiger charge is 2.11. The smallest absolute Gasteiger partial charge is 0.320 e. The number of hydrogen-bond donors (Lipinski definition) is 3. The van der Waals surface area contributed by atoms with Crippen molar-refractivity contribution in [2.24, 2.45) is 5.73 Å². The van der Waals surface area contributed by atoms with Gasteiger partial charge in [-0.25, -0.2) is 4.21 Å². The lowest BCUT2D eigenvalue weighted by Gasteiger charge is -2.08. The zero-order valence-corrected chi connectivity index (χ0v) is 11.9. The van der Waals surface area contributed by atoms with E-state index in [-0.39, 0.29) is 6.42 Å². The van der Waals surface area contributed by atoms with Gasteiger partial charge in [-0.05, 0) is 30.5 Å². The number of anilines is 1. The summed E-state index contributed by atoms with van der Waals surface area (Å²) in [5, 5.41) is 8.71. The molecule has 0 amide bonds. The van der Waals surface area contributed by atoms with Crippen LogP contribution < -0.4 is 10.5 Å². The van der Waals surface area contributed by atoms with Crippen molar-refractivity contribution in [2.75, 3.05) is 16.4 Å². The molecule has 0 fully saturated rings. The van der Waals surface area contributed by atoms with Crippen LogP contribution in [0.1, 0.15) is 12.0 Å². The highest BCUT2D eigenvalue weighted by atomic mass is 35.5. The third kappa shape index (κ3) is 6.04. The lowest BCUT2D eigenvalue weighted by molar-refractivity contribution is -0.138. The van der Waals surface area contributed by atoms with Gasteiger partial charge in [-0.3, -0.25) is 4.79 Å². The van der Waals surface area contributed by atoms with Gasteiger partial charge in [0.15, 0.2) is 0 Å². The molecule has 5 nitrogen and oxygen atoms in total. The van der Waals surface area contributed by atoms with E-state index in [1.54, 1.807) is 24.3 Å². The van der Waals surface area contributed by atoms with Gasteiger partial charge in [0.1, 0.15) is 17.0 Å². The zero-order valence-electron chi connectivity index (χ0n) is 10.3. The van der Waals surface area contributed by atoms with E-state index in [0.29, 0.717) is 18.1 Å². The lowest BCUT2D eigenvalue weighted by atomic mass is 10.1. The fraction of sp³-hybridized carbons (Fsp3) is 0.417. The average Bonchev–Trinajstić information content (AvgIpc) is 2.38. The van der Waals surface area contributed by atoms with Crippen LogP contribution in [0.25, 0.3) is 0 Å². The summed E-state index contributed by atoms with van der Waals surface area (Å²) in [6, 6.07) is 6.13. The molecule has 0 aliphatic heterocycles. The predicted molar refractivity (Wildman–Crippen MR) is 77.7 cm³/mol. The maximum Gasteiger partial charge on any atom is 0.320 e. The number of nitrogens with one attached hydrogen (secondary N) is 1. The Bertz CT molecular complexity index is 439. The summed E-state index contributed by atoms with van der Waals surface area (Å²) >= 11 is 5.52. The van der Waals surface area contributed by atoms with Gasteiger partial charge in [0.25, 0.3) is 0 Å². The standard InChI is InChI=1S/C12H17ClN2O3S/c13-6-1-7-19(18)15-10-4-2-9(3-5-10)8-11(14)12(16)17/h2-5,11,15H,1,6-8,14H2,(H,16,17)/t11-,19?/m0/s1. The minimum atomic E-state index is -1.15. The summed E-state index contributed by atoms with van der Waals surface area (Å²) in [7, 11) is -1.15. The molecule has 1 unspecified atom stereocenters. The van der Waals surface area contributed by atoms with E-state index in [9.17, 15) is 9.00 Å². The van der Waals surface area contributed by atoms with Gasteiger partial charge in [-0.1, -0.05) is 12.1 Å². The first kappa shape index (κ1) is 15.9. The van der Waals surface area contributed by atoms with Crippen LogP contribution in [0.2, 0.25) is 0 Å². The van der Waals surface area contributed by atoms with Crippen molar-refractivity contribution in [1.82, 2.24) is 0 Å². The van der Waals surface area contributed by atoms with Crippen LogP contribution in [0.15, 0.2) is 24.3 Å². The Morgan fingerprint density at radius 1 is 1.42 bits per heavy atom. The summed E-state index contributed by atoms with van der Waals surface area (Å²) in [4.78, 5) is 10.6. The fourth-order valence-electron chi connectivity index (χ4n) is 1.42. The van der Waals surface area contributed by atoms with E-state index in [4.69, 9.17) is 22.4 Å². The molecule has 0 radical (unpaired) electrons. The molecular weight excluding hydrogens is 288 g/mol.